The molecule has 0 unspecified atom stereocenters. The summed E-state index contributed by atoms with van der Waals surface area (Å²) in [5.74, 6) is 0.465. The van der Waals surface area contributed by atoms with Gasteiger partial charge in [-0.1, -0.05) is 18.2 Å². The van der Waals surface area contributed by atoms with E-state index in [-0.39, 0.29) is 5.69 Å². The molecule has 0 amide bonds. The summed E-state index contributed by atoms with van der Waals surface area (Å²) in [4.78, 5) is 22.5. The molecule has 0 aliphatic rings. The van der Waals surface area contributed by atoms with E-state index in [9.17, 15) is 10.1 Å². The highest BCUT2D eigenvalue weighted by Crippen LogP contribution is 2.26. The maximum Gasteiger partial charge on any atom is 0.269 e. The maximum absolute atomic E-state index is 10.8. The van der Waals surface area contributed by atoms with Crippen molar-refractivity contribution in [1.29, 1.82) is 0 Å². The Morgan fingerprint density at radius 2 is 1.88 bits per heavy atom. The van der Waals surface area contributed by atoms with Crippen LogP contribution in [-0.4, -0.2) is 29.5 Å². The second-order valence-electron chi connectivity index (χ2n) is 5.64. The quantitative estimate of drug-likeness (QED) is 0.395. The van der Waals surface area contributed by atoms with Crippen molar-refractivity contribution in [1.82, 2.24) is 24.6 Å². The fourth-order valence-corrected chi connectivity index (χ4v) is 2.96. The summed E-state index contributed by atoms with van der Waals surface area (Å²) in [7, 11) is 0. The minimum Gasteiger partial charge on any atom is -0.338 e. The minimum absolute atomic E-state index is 0.0441. The van der Waals surface area contributed by atoms with E-state index in [2.05, 4.69) is 20.1 Å². The van der Waals surface area contributed by atoms with Gasteiger partial charge in [-0.3, -0.25) is 10.1 Å². The molecule has 8 heteroatoms. The standard InChI is InChI=1S/C17H10N6O2/c24-23(25)11-7-5-10(6-8-11)14-9-18-17-20-16-15(21-22(14)17)12-3-1-2-4-13(12)19-16/h1-9H,(H,18,19,20). The number of aromatic amines is 1. The van der Waals surface area contributed by atoms with Gasteiger partial charge in [-0.15, -0.1) is 0 Å². The van der Waals surface area contributed by atoms with Gasteiger partial charge in [0.25, 0.3) is 11.5 Å². The van der Waals surface area contributed by atoms with Crippen LogP contribution in [0, 0.1) is 10.1 Å². The molecule has 2 aromatic carbocycles. The Morgan fingerprint density at radius 1 is 1.08 bits per heavy atom. The summed E-state index contributed by atoms with van der Waals surface area (Å²) in [6.45, 7) is 0. The number of nitro groups is 1. The number of aromatic nitrogens is 5. The molecule has 0 aliphatic carbocycles. The van der Waals surface area contributed by atoms with Crippen molar-refractivity contribution >= 4 is 33.5 Å². The summed E-state index contributed by atoms with van der Waals surface area (Å²) in [5, 5.41) is 16.5. The van der Waals surface area contributed by atoms with Gasteiger partial charge >= 0.3 is 0 Å². The van der Waals surface area contributed by atoms with Gasteiger partial charge < -0.3 is 4.98 Å². The molecule has 3 aromatic heterocycles. The highest BCUT2D eigenvalue weighted by Gasteiger charge is 2.14. The topological polar surface area (TPSA) is 102 Å². The predicted octanol–water partition coefficient (Wildman–Crippen LogP) is 3.33. The summed E-state index contributed by atoms with van der Waals surface area (Å²) in [5.41, 5.74) is 3.94. The molecule has 0 radical (unpaired) electrons. The number of rotatable bonds is 2. The smallest absolute Gasteiger partial charge is 0.269 e. The normalized spacial score (nSPS) is 11.5. The molecule has 1 N–H and O–H groups in total. The van der Waals surface area contributed by atoms with Crippen molar-refractivity contribution < 1.29 is 4.92 Å². The Kier molecular flexibility index (Phi) is 2.64. The van der Waals surface area contributed by atoms with E-state index in [1.807, 2.05) is 24.3 Å². The zero-order valence-electron chi connectivity index (χ0n) is 12.7. The molecule has 0 saturated carbocycles. The number of nitro benzene ring substituents is 1. The van der Waals surface area contributed by atoms with Crippen LogP contribution in [0.1, 0.15) is 0 Å². The number of nitrogens with one attached hydrogen (secondary N) is 1. The van der Waals surface area contributed by atoms with Crippen LogP contribution in [0.2, 0.25) is 0 Å². The predicted molar refractivity (Wildman–Crippen MR) is 92.2 cm³/mol. The van der Waals surface area contributed by atoms with Gasteiger partial charge in [0.2, 0.25) is 0 Å². The molecule has 0 bridgehead atoms. The van der Waals surface area contributed by atoms with Gasteiger partial charge in [0.1, 0.15) is 5.52 Å². The van der Waals surface area contributed by atoms with Crippen LogP contribution in [-0.2, 0) is 0 Å². The van der Waals surface area contributed by atoms with Crippen LogP contribution in [0.4, 0.5) is 5.69 Å². The molecular weight excluding hydrogens is 320 g/mol. The number of nitrogens with zero attached hydrogens (tertiary/aromatic N) is 5. The van der Waals surface area contributed by atoms with Crippen LogP contribution >= 0.6 is 0 Å². The van der Waals surface area contributed by atoms with Crippen molar-refractivity contribution in [2.45, 2.75) is 0 Å². The third kappa shape index (κ3) is 1.97. The maximum atomic E-state index is 10.8. The van der Waals surface area contributed by atoms with Crippen LogP contribution in [0.3, 0.4) is 0 Å². The third-order valence-electron chi connectivity index (χ3n) is 4.17. The number of H-pyrrole nitrogens is 1. The molecule has 0 aliphatic heterocycles. The fourth-order valence-electron chi connectivity index (χ4n) is 2.96. The molecular formula is C17H10N6O2. The van der Waals surface area contributed by atoms with E-state index < -0.39 is 4.92 Å². The summed E-state index contributed by atoms with van der Waals surface area (Å²) in [6.07, 6.45) is 1.66. The largest absolute Gasteiger partial charge is 0.338 e. The van der Waals surface area contributed by atoms with Crippen molar-refractivity contribution in [3.8, 4) is 11.3 Å². The lowest BCUT2D eigenvalue weighted by molar-refractivity contribution is -0.384. The summed E-state index contributed by atoms with van der Waals surface area (Å²) in [6, 6.07) is 14.2. The van der Waals surface area contributed by atoms with E-state index in [1.165, 1.54) is 12.1 Å². The Hall–Kier alpha value is -3.81. The lowest BCUT2D eigenvalue weighted by Crippen LogP contribution is -1.97. The first-order chi connectivity index (χ1) is 12.2. The van der Waals surface area contributed by atoms with Crippen LogP contribution in [0.25, 0.3) is 39.1 Å². The van der Waals surface area contributed by atoms with Gasteiger partial charge in [0.05, 0.1) is 16.8 Å². The highest BCUT2D eigenvalue weighted by molar-refractivity contribution is 6.03. The van der Waals surface area contributed by atoms with E-state index in [1.54, 1.807) is 22.8 Å². The average molecular weight is 330 g/mol. The molecule has 8 nitrogen and oxygen atoms in total. The third-order valence-corrected chi connectivity index (χ3v) is 4.17. The number of imidazole rings is 1. The summed E-state index contributed by atoms with van der Waals surface area (Å²) < 4.78 is 1.66. The molecule has 25 heavy (non-hydrogen) atoms. The van der Waals surface area contributed by atoms with E-state index >= 15 is 0 Å². The number of fused-ring (bicyclic) bond motifs is 4. The average Bonchev–Trinajstić information content (AvgIpc) is 3.20. The first-order valence-electron chi connectivity index (χ1n) is 7.58. The number of hydrogen-bond acceptors (Lipinski definition) is 5. The lowest BCUT2D eigenvalue weighted by Gasteiger charge is -2.01. The minimum atomic E-state index is -0.423. The molecule has 0 spiro atoms. The summed E-state index contributed by atoms with van der Waals surface area (Å²) >= 11 is 0. The SMILES string of the molecule is O=[N+]([O-])c1ccc(-c2cnc3nc4[nH]c5ccccc5c4nn23)cc1. The van der Waals surface area contributed by atoms with Crippen LogP contribution in [0.5, 0.6) is 0 Å². The van der Waals surface area contributed by atoms with Gasteiger partial charge in [0, 0.05) is 28.6 Å². The Bertz CT molecular complexity index is 1270. The van der Waals surface area contributed by atoms with E-state index in [4.69, 9.17) is 0 Å². The lowest BCUT2D eigenvalue weighted by atomic mass is 10.1. The molecule has 5 aromatic rings. The Labute approximate surface area is 139 Å². The van der Waals surface area contributed by atoms with Crippen molar-refractivity contribution in [3.63, 3.8) is 0 Å². The van der Waals surface area contributed by atoms with Crippen molar-refractivity contribution in [2.24, 2.45) is 0 Å². The molecule has 0 fully saturated rings. The van der Waals surface area contributed by atoms with Crippen molar-refractivity contribution in [2.75, 3.05) is 0 Å². The van der Waals surface area contributed by atoms with Gasteiger partial charge in [-0.2, -0.15) is 14.6 Å². The Morgan fingerprint density at radius 3 is 2.68 bits per heavy atom. The molecule has 0 saturated heterocycles. The second kappa shape index (κ2) is 4.84. The van der Waals surface area contributed by atoms with Crippen LogP contribution < -0.4 is 0 Å². The zero-order valence-corrected chi connectivity index (χ0v) is 12.7. The number of para-hydroxylation sites is 1. The number of hydrogen-bond donors (Lipinski definition) is 1. The van der Waals surface area contributed by atoms with E-state index in [0.29, 0.717) is 11.4 Å². The van der Waals surface area contributed by atoms with Gasteiger partial charge in [-0.25, -0.2) is 4.98 Å². The zero-order chi connectivity index (χ0) is 17.0. The monoisotopic (exact) mass is 330 g/mol. The first kappa shape index (κ1) is 13.6. The fraction of sp³-hybridized carbons (Fsp3) is 0. The number of non-ortho nitro benzene ring substituents is 1. The first-order valence-corrected chi connectivity index (χ1v) is 7.58. The molecule has 5 rings (SSSR count). The molecule has 0 atom stereocenters. The number of benzene rings is 2. The molecule has 120 valence electrons. The molecule has 3 heterocycles. The van der Waals surface area contributed by atoms with Gasteiger partial charge in [0.15, 0.2) is 5.65 Å². The highest BCUT2D eigenvalue weighted by atomic mass is 16.6. The van der Waals surface area contributed by atoms with E-state index in [0.717, 1.165) is 27.7 Å². The second-order valence-corrected chi connectivity index (χ2v) is 5.64. The Balaban J connectivity index is 1.76. The van der Waals surface area contributed by atoms with Crippen molar-refractivity contribution in [3.05, 3.63) is 64.8 Å². The van der Waals surface area contributed by atoms with Gasteiger partial charge in [-0.05, 0) is 18.2 Å². The van der Waals surface area contributed by atoms with Crippen LogP contribution in [0.15, 0.2) is 54.7 Å².